The summed E-state index contributed by atoms with van der Waals surface area (Å²) in [7, 11) is 1.77. The zero-order valence-corrected chi connectivity index (χ0v) is 9.57. The molecule has 0 spiro atoms. The lowest BCUT2D eigenvalue weighted by Crippen LogP contribution is -2.62. The number of imide groups is 1. The van der Waals surface area contributed by atoms with Crippen molar-refractivity contribution in [3.63, 3.8) is 0 Å². The number of nitrogens with one attached hydrogen (secondary N) is 2. The topological polar surface area (TPSA) is 74.8 Å². The van der Waals surface area contributed by atoms with Crippen LogP contribution in [-0.4, -0.2) is 35.5 Å². The first-order chi connectivity index (χ1) is 7.45. The van der Waals surface area contributed by atoms with Crippen LogP contribution in [-0.2, 0) is 0 Å². The molecule has 0 saturated heterocycles. The number of imidazole rings is 1. The molecule has 2 heterocycles. The molecule has 0 bridgehead atoms. The third-order valence-corrected chi connectivity index (χ3v) is 2.71. The van der Waals surface area contributed by atoms with Gasteiger partial charge in [0.1, 0.15) is 0 Å². The van der Waals surface area contributed by atoms with Crippen LogP contribution in [0, 0.1) is 5.92 Å². The van der Waals surface area contributed by atoms with Gasteiger partial charge in [0.05, 0.1) is 19.9 Å². The summed E-state index contributed by atoms with van der Waals surface area (Å²) in [6.07, 6.45) is 1.44. The van der Waals surface area contributed by atoms with Crippen molar-refractivity contribution in [2.24, 2.45) is 5.92 Å². The first-order valence-corrected chi connectivity index (χ1v) is 5.20. The number of urea groups is 1. The van der Waals surface area contributed by atoms with Crippen molar-refractivity contribution in [3.8, 4) is 0 Å². The molecule has 86 valence electrons. The molecule has 0 radical (unpaired) electrons. The van der Waals surface area contributed by atoms with Crippen LogP contribution in [0.2, 0.25) is 0 Å². The zero-order valence-electron chi connectivity index (χ0n) is 9.57. The Morgan fingerprint density at radius 3 is 2.75 bits per heavy atom. The lowest BCUT2D eigenvalue weighted by atomic mass is 10.1. The summed E-state index contributed by atoms with van der Waals surface area (Å²) in [5.74, 6) is 0.424. The fraction of sp³-hybridized carbons (Fsp3) is 0.500. The Morgan fingerprint density at radius 2 is 2.12 bits per heavy atom. The number of hydrogen-bond donors (Lipinski definition) is 2. The Bertz CT molecular complexity index is 451. The quantitative estimate of drug-likeness (QED) is 0.730. The Kier molecular flexibility index (Phi) is 2.31. The van der Waals surface area contributed by atoms with E-state index in [-0.39, 0.29) is 10.5 Å². The summed E-state index contributed by atoms with van der Waals surface area (Å²) in [5, 5.41) is 2.34. The summed E-state index contributed by atoms with van der Waals surface area (Å²) in [6, 6.07) is -0.321. The van der Waals surface area contributed by atoms with E-state index >= 15 is 0 Å². The van der Waals surface area contributed by atoms with Crippen molar-refractivity contribution >= 4 is 17.8 Å². The fourth-order valence-electron chi connectivity index (χ4n) is 2.11. The van der Waals surface area contributed by atoms with E-state index in [1.807, 2.05) is 13.8 Å². The molecular weight excluding hydrogens is 208 g/mol. The standard InChI is InChI=1S/C10H14N4O2/c1-6(2)4-14(3)8-7(11-5-12-8)9(15)13-10(14)16/h5-6H,4H2,1-3H3,(H-,11,12,13,15,16)/p+1. The zero-order chi connectivity index (χ0) is 11.9. The minimum atomic E-state index is -0.406. The molecule has 2 rings (SSSR count). The third-order valence-electron chi connectivity index (χ3n) is 2.71. The molecule has 1 aromatic heterocycles. The van der Waals surface area contributed by atoms with Crippen molar-refractivity contribution in [2.45, 2.75) is 13.8 Å². The lowest BCUT2D eigenvalue weighted by Gasteiger charge is -2.32. The number of carbonyl (C=O) groups is 2. The van der Waals surface area contributed by atoms with Crippen molar-refractivity contribution in [1.82, 2.24) is 19.8 Å². The van der Waals surface area contributed by atoms with E-state index < -0.39 is 5.91 Å². The molecule has 3 amide bonds. The van der Waals surface area contributed by atoms with E-state index in [0.717, 1.165) is 0 Å². The largest absolute Gasteiger partial charge is 0.429 e. The summed E-state index contributed by atoms with van der Waals surface area (Å²) in [5.41, 5.74) is 0.378. The summed E-state index contributed by atoms with van der Waals surface area (Å²) in [4.78, 5) is 30.3. The molecule has 1 atom stereocenters. The second-order valence-corrected chi connectivity index (χ2v) is 4.63. The normalized spacial score (nSPS) is 24.5. The van der Waals surface area contributed by atoms with Gasteiger partial charge in [-0.1, -0.05) is 13.8 Å². The van der Waals surface area contributed by atoms with Gasteiger partial charge in [-0.2, -0.15) is 9.47 Å². The van der Waals surface area contributed by atoms with Gasteiger partial charge < -0.3 is 4.98 Å². The Balaban J connectivity index is 2.51. The monoisotopic (exact) mass is 223 g/mol. The molecule has 0 fully saturated rings. The minimum absolute atomic E-state index is 0.0161. The number of carbonyl (C=O) groups excluding carboxylic acids is 2. The summed E-state index contributed by atoms with van der Waals surface area (Å²) >= 11 is 0. The van der Waals surface area contributed by atoms with Gasteiger partial charge in [0.2, 0.25) is 0 Å². The number of amides is 3. The summed E-state index contributed by atoms with van der Waals surface area (Å²) in [6.45, 7) is 4.66. The van der Waals surface area contributed by atoms with E-state index in [2.05, 4.69) is 15.3 Å². The molecule has 1 unspecified atom stereocenters. The van der Waals surface area contributed by atoms with Gasteiger partial charge in [0.15, 0.2) is 5.69 Å². The van der Waals surface area contributed by atoms with E-state index in [1.165, 1.54) is 6.33 Å². The second-order valence-electron chi connectivity index (χ2n) is 4.63. The van der Waals surface area contributed by atoms with E-state index in [0.29, 0.717) is 24.0 Å². The fourth-order valence-corrected chi connectivity index (χ4v) is 2.11. The number of aromatic nitrogens is 2. The smallest absolute Gasteiger partial charge is 0.335 e. The Labute approximate surface area is 93.3 Å². The molecule has 0 aromatic carbocycles. The molecule has 1 aliphatic rings. The van der Waals surface area contributed by atoms with Crippen LogP contribution >= 0.6 is 0 Å². The van der Waals surface area contributed by atoms with Gasteiger partial charge in [-0.25, -0.2) is 10.1 Å². The van der Waals surface area contributed by atoms with Crippen LogP contribution in [0.5, 0.6) is 0 Å². The maximum Gasteiger partial charge on any atom is 0.429 e. The number of quaternary nitrogens is 1. The number of rotatable bonds is 2. The van der Waals surface area contributed by atoms with Gasteiger partial charge in [-0.3, -0.25) is 4.79 Å². The van der Waals surface area contributed by atoms with Crippen molar-refractivity contribution in [1.29, 1.82) is 0 Å². The number of fused-ring (bicyclic) bond motifs is 1. The molecule has 6 heteroatoms. The van der Waals surface area contributed by atoms with Gasteiger partial charge in [0, 0.05) is 5.92 Å². The van der Waals surface area contributed by atoms with Crippen LogP contribution in [0.4, 0.5) is 10.6 Å². The number of hydrogen-bond acceptors (Lipinski definition) is 3. The average Bonchev–Trinajstić information content (AvgIpc) is 2.63. The number of aromatic amines is 1. The highest BCUT2D eigenvalue weighted by atomic mass is 16.2. The first kappa shape index (κ1) is 10.8. The predicted molar refractivity (Wildman–Crippen MR) is 58.9 cm³/mol. The highest BCUT2D eigenvalue weighted by Gasteiger charge is 2.46. The molecule has 6 nitrogen and oxygen atoms in total. The predicted octanol–water partition coefficient (Wildman–Crippen LogP) is 0.866. The minimum Gasteiger partial charge on any atom is -0.335 e. The number of H-pyrrole nitrogens is 1. The van der Waals surface area contributed by atoms with E-state index in [9.17, 15) is 9.59 Å². The van der Waals surface area contributed by atoms with Crippen molar-refractivity contribution in [3.05, 3.63) is 12.0 Å². The van der Waals surface area contributed by atoms with Crippen LogP contribution in [0.25, 0.3) is 0 Å². The van der Waals surface area contributed by atoms with Crippen LogP contribution < -0.4 is 9.80 Å². The SMILES string of the molecule is CC(C)C[N+]1(C)C(=O)NC(=O)c2[nH]cnc21. The molecule has 1 aromatic rings. The van der Waals surface area contributed by atoms with Crippen LogP contribution in [0.15, 0.2) is 6.33 Å². The maximum absolute atomic E-state index is 11.9. The average molecular weight is 223 g/mol. The first-order valence-electron chi connectivity index (χ1n) is 5.20. The molecule has 2 N–H and O–H groups in total. The molecule has 16 heavy (non-hydrogen) atoms. The highest BCUT2D eigenvalue weighted by Crippen LogP contribution is 2.27. The Hall–Kier alpha value is -1.69. The number of nitrogens with zero attached hydrogens (tertiary/aromatic N) is 2. The van der Waals surface area contributed by atoms with Crippen LogP contribution in [0.3, 0.4) is 0 Å². The van der Waals surface area contributed by atoms with Gasteiger partial charge in [-0.05, 0) is 0 Å². The molecule has 0 aliphatic carbocycles. The molecule has 1 aliphatic heterocycles. The maximum atomic E-state index is 11.9. The molecular formula is C10H15N4O2+. The van der Waals surface area contributed by atoms with Crippen LogP contribution in [0.1, 0.15) is 24.3 Å². The van der Waals surface area contributed by atoms with Gasteiger partial charge in [0.25, 0.3) is 11.7 Å². The van der Waals surface area contributed by atoms with Gasteiger partial charge in [-0.15, -0.1) is 0 Å². The lowest BCUT2D eigenvalue weighted by molar-refractivity contribution is 0.0932. The van der Waals surface area contributed by atoms with Crippen molar-refractivity contribution < 1.29 is 9.59 Å². The van der Waals surface area contributed by atoms with Crippen molar-refractivity contribution in [2.75, 3.05) is 13.6 Å². The van der Waals surface area contributed by atoms with Gasteiger partial charge >= 0.3 is 6.03 Å². The third kappa shape index (κ3) is 1.42. The Morgan fingerprint density at radius 1 is 1.44 bits per heavy atom. The van der Waals surface area contributed by atoms with E-state index in [4.69, 9.17) is 0 Å². The second kappa shape index (κ2) is 3.41. The van der Waals surface area contributed by atoms with E-state index in [1.54, 1.807) is 7.05 Å². The summed E-state index contributed by atoms with van der Waals surface area (Å²) < 4.78 is 0.0161. The highest BCUT2D eigenvalue weighted by molar-refractivity contribution is 6.12. The molecule has 0 saturated carbocycles.